The third-order valence-electron chi connectivity index (χ3n) is 4.92. The van der Waals surface area contributed by atoms with E-state index in [9.17, 15) is 13.2 Å². The molecule has 0 saturated carbocycles. The van der Waals surface area contributed by atoms with Crippen molar-refractivity contribution in [2.75, 3.05) is 7.11 Å². The summed E-state index contributed by atoms with van der Waals surface area (Å²) in [5.41, 5.74) is 0.785. The smallest absolute Gasteiger partial charge is 0.339 e. The summed E-state index contributed by atoms with van der Waals surface area (Å²) >= 11 is 1.40. The van der Waals surface area contributed by atoms with Crippen LogP contribution in [0.1, 0.15) is 35.5 Å². The van der Waals surface area contributed by atoms with E-state index < -0.39 is 10.1 Å². The van der Waals surface area contributed by atoms with Gasteiger partial charge in [0.1, 0.15) is 16.4 Å². The zero-order chi connectivity index (χ0) is 22.4. The third-order valence-corrected chi connectivity index (χ3v) is 7.04. The number of benzene rings is 2. The number of thiophene rings is 1. The van der Waals surface area contributed by atoms with Crippen LogP contribution in [0.2, 0.25) is 0 Å². The zero-order valence-electron chi connectivity index (χ0n) is 17.6. The van der Waals surface area contributed by atoms with E-state index >= 15 is 0 Å². The average Bonchev–Trinajstić information content (AvgIpc) is 3.31. The molecule has 1 atom stereocenters. The number of ether oxygens (including phenoxy) is 1. The van der Waals surface area contributed by atoms with Crippen molar-refractivity contribution < 1.29 is 22.1 Å². The summed E-state index contributed by atoms with van der Waals surface area (Å²) in [6.07, 6.45) is 0.805. The molecule has 164 valence electrons. The van der Waals surface area contributed by atoms with E-state index in [1.54, 1.807) is 35.2 Å². The van der Waals surface area contributed by atoms with Crippen molar-refractivity contribution in [2.24, 2.45) is 0 Å². The van der Waals surface area contributed by atoms with Gasteiger partial charge in [-0.05, 0) is 66.8 Å². The Labute approximate surface area is 187 Å². The molecular weight excluding hydrogens is 434 g/mol. The highest BCUT2D eigenvalue weighted by atomic mass is 32.2. The van der Waals surface area contributed by atoms with Gasteiger partial charge in [0, 0.05) is 12.6 Å². The van der Waals surface area contributed by atoms with Gasteiger partial charge in [0.25, 0.3) is 5.91 Å². The van der Waals surface area contributed by atoms with Crippen LogP contribution in [-0.2, 0) is 16.7 Å². The molecule has 0 fully saturated rings. The Bertz CT molecular complexity index is 1110. The molecular formula is C23H25NO5S2. The molecule has 0 spiro atoms. The van der Waals surface area contributed by atoms with Crippen LogP contribution in [-0.4, -0.2) is 32.4 Å². The van der Waals surface area contributed by atoms with Crippen LogP contribution in [0.25, 0.3) is 0 Å². The lowest BCUT2D eigenvalue weighted by molar-refractivity contribution is 0.0676. The molecule has 2 aromatic carbocycles. The van der Waals surface area contributed by atoms with Crippen molar-refractivity contribution in [3.63, 3.8) is 0 Å². The summed E-state index contributed by atoms with van der Waals surface area (Å²) in [5.74, 6) is 0.712. The average molecular weight is 460 g/mol. The summed E-state index contributed by atoms with van der Waals surface area (Å²) in [5, 5.41) is 1.88. The second kappa shape index (κ2) is 9.98. The number of carbonyl (C=O) groups excluding carboxylic acids is 1. The molecule has 0 bridgehead atoms. The van der Waals surface area contributed by atoms with Gasteiger partial charge < -0.3 is 13.8 Å². The van der Waals surface area contributed by atoms with Crippen LogP contribution in [0.4, 0.5) is 0 Å². The molecule has 1 heterocycles. The van der Waals surface area contributed by atoms with Gasteiger partial charge in [-0.15, -0.1) is 11.3 Å². The monoisotopic (exact) mass is 459 g/mol. The lowest BCUT2D eigenvalue weighted by Crippen LogP contribution is -2.37. The van der Waals surface area contributed by atoms with Crippen molar-refractivity contribution in [3.05, 3.63) is 76.5 Å². The number of methoxy groups -OCH3 is 1. The summed E-state index contributed by atoms with van der Waals surface area (Å²) in [4.78, 5) is 15.5. The molecule has 3 aromatic rings. The van der Waals surface area contributed by atoms with Gasteiger partial charge in [-0.25, -0.2) is 0 Å². The molecule has 0 N–H and O–H groups in total. The molecule has 0 aliphatic heterocycles. The third kappa shape index (κ3) is 5.65. The quantitative estimate of drug-likeness (QED) is 0.423. The molecule has 0 unspecified atom stereocenters. The normalized spacial score (nSPS) is 12.2. The predicted octanol–water partition coefficient (Wildman–Crippen LogP) is 4.97. The molecule has 6 nitrogen and oxygen atoms in total. The number of carbonyl (C=O) groups is 1. The van der Waals surface area contributed by atoms with E-state index in [2.05, 4.69) is 0 Å². The number of hydrogen-bond acceptors (Lipinski definition) is 6. The van der Waals surface area contributed by atoms with Crippen LogP contribution < -0.4 is 8.92 Å². The number of amides is 1. The minimum Gasteiger partial charge on any atom is -0.497 e. The Morgan fingerprint density at radius 2 is 1.81 bits per heavy atom. The fourth-order valence-electron chi connectivity index (χ4n) is 3.00. The Balaban J connectivity index is 1.80. The highest BCUT2D eigenvalue weighted by Crippen LogP contribution is 2.24. The van der Waals surface area contributed by atoms with Gasteiger partial charge in [-0.1, -0.05) is 25.1 Å². The first-order chi connectivity index (χ1) is 14.8. The summed E-state index contributed by atoms with van der Waals surface area (Å²) < 4.78 is 35.6. The first-order valence-electron chi connectivity index (χ1n) is 9.86. The lowest BCUT2D eigenvalue weighted by atomic mass is 10.1. The van der Waals surface area contributed by atoms with Crippen molar-refractivity contribution in [2.45, 2.75) is 37.8 Å². The van der Waals surface area contributed by atoms with Crippen LogP contribution in [0.15, 0.2) is 70.9 Å². The van der Waals surface area contributed by atoms with E-state index in [4.69, 9.17) is 8.92 Å². The fraction of sp³-hybridized carbons (Fsp3) is 0.261. The van der Waals surface area contributed by atoms with Crippen molar-refractivity contribution in [3.8, 4) is 11.5 Å². The first-order valence-corrected chi connectivity index (χ1v) is 12.1. The molecule has 31 heavy (non-hydrogen) atoms. The van der Waals surface area contributed by atoms with E-state index in [1.807, 2.05) is 37.4 Å². The SMILES string of the molecule is CC[C@@H](C)N(Cc1cccc(OS(=O)(=O)c2ccc(OC)cc2)c1)C(=O)c1cccs1. The Hall–Kier alpha value is -2.84. The maximum atomic E-state index is 13.0. The number of nitrogens with zero attached hydrogens (tertiary/aromatic N) is 1. The summed E-state index contributed by atoms with van der Waals surface area (Å²) in [6.45, 7) is 4.38. The summed E-state index contributed by atoms with van der Waals surface area (Å²) in [7, 11) is -2.48. The van der Waals surface area contributed by atoms with Gasteiger partial charge >= 0.3 is 10.1 Å². The summed E-state index contributed by atoms with van der Waals surface area (Å²) in [6, 6.07) is 16.5. The maximum Gasteiger partial charge on any atom is 0.339 e. The standard InChI is InChI=1S/C23H25NO5S2/c1-4-17(2)24(23(25)22-9-6-14-30-22)16-18-7-5-8-20(15-18)29-31(26,27)21-12-10-19(28-3)11-13-21/h5-15,17H,4,16H2,1-3H3/t17-/m1/s1. The highest BCUT2D eigenvalue weighted by molar-refractivity contribution is 7.87. The fourth-order valence-corrected chi connectivity index (χ4v) is 4.60. The van der Waals surface area contributed by atoms with Gasteiger partial charge in [0.2, 0.25) is 0 Å². The second-order valence-corrected chi connectivity index (χ2v) is 9.52. The van der Waals surface area contributed by atoms with Crippen LogP contribution in [0, 0.1) is 0 Å². The molecule has 1 amide bonds. The van der Waals surface area contributed by atoms with Gasteiger partial charge in [0.15, 0.2) is 0 Å². The van der Waals surface area contributed by atoms with Crippen molar-refractivity contribution >= 4 is 27.4 Å². The Morgan fingerprint density at radius 3 is 2.42 bits per heavy atom. The van der Waals surface area contributed by atoms with E-state index in [0.29, 0.717) is 17.2 Å². The van der Waals surface area contributed by atoms with Crippen LogP contribution >= 0.6 is 11.3 Å². The molecule has 0 aliphatic rings. The Morgan fingerprint density at radius 1 is 1.06 bits per heavy atom. The lowest BCUT2D eigenvalue weighted by Gasteiger charge is -2.28. The zero-order valence-corrected chi connectivity index (χ0v) is 19.3. The van der Waals surface area contributed by atoms with Crippen molar-refractivity contribution in [1.82, 2.24) is 4.90 Å². The molecule has 0 aliphatic carbocycles. The predicted molar refractivity (Wildman–Crippen MR) is 121 cm³/mol. The van der Waals surface area contributed by atoms with Crippen molar-refractivity contribution in [1.29, 1.82) is 0 Å². The molecule has 0 saturated heterocycles. The highest BCUT2D eigenvalue weighted by Gasteiger charge is 2.22. The van der Waals surface area contributed by atoms with E-state index in [-0.39, 0.29) is 22.6 Å². The maximum absolute atomic E-state index is 13.0. The minimum atomic E-state index is -3.99. The second-order valence-electron chi connectivity index (χ2n) is 7.03. The minimum absolute atomic E-state index is 0.0298. The molecule has 1 aromatic heterocycles. The number of hydrogen-bond donors (Lipinski definition) is 0. The van der Waals surface area contributed by atoms with Crippen LogP contribution in [0.5, 0.6) is 11.5 Å². The van der Waals surface area contributed by atoms with E-state index in [1.165, 1.54) is 30.6 Å². The Kier molecular flexibility index (Phi) is 7.35. The molecule has 8 heteroatoms. The number of rotatable bonds is 9. The topological polar surface area (TPSA) is 72.9 Å². The van der Waals surface area contributed by atoms with Gasteiger partial charge in [0.05, 0.1) is 12.0 Å². The van der Waals surface area contributed by atoms with E-state index in [0.717, 1.165) is 12.0 Å². The molecule has 3 rings (SSSR count). The van der Waals surface area contributed by atoms with Crippen LogP contribution in [0.3, 0.4) is 0 Å². The first kappa shape index (κ1) is 22.8. The van der Waals surface area contributed by atoms with Gasteiger partial charge in [-0.3, -0.25) is 4.79 Å². The van der Waals surface area contributed by atoms with Gasteiger partial charge in [-0.2, -0.15) is 8.42 Å². The molecule has 0 radical (unpaired) electrons. The largest absolute Gasteiger partial charge is 0.497 e.